The van der Waals surface area contributed by atoms with E-state index in [1.54, 1.807) is 13.0 Å². The van der Waals surface area contributed by atoms with Gasteiger partial charge in [-0.3, -0.25) is 4.79 Å². The minimum Gasteiger partial charge on any atom is -0.481 e. The fourth-order valence-corrected chi connectivity index (χ4v) is 4.49. The first kappa shape index (κ1) is 25.7. The molecule has 0 atom stereocenters. The number of aromatic nitrogens is 8. The molecule has 0 fully saturated rings. The number of ether oxygens (including phenoxy) is 2. The van der Waals surface area contributed by atoms with Crippen LogP contribution in [-0.2, 0) is 6.42 Å². The van der Waals surface area contributed by atoms with Crippen LogP contribution in [0.4, 0.5) is 0 Å². The van der Waals surface area contributed by atoms with Crippen LogP contribution in [0.15, 0.2) is 59.4 Å². The number of nitrogens with zero attached hydrogens (tertiary/aromatic N) is 7. The van der Waals surface area contributed by atoms with Crippen molar-refractivity contribution in [2.24, 2.45) is 0 Å². The highest BCUT2D eigenvalue weighted by Crippen LogP contribution is 2.32. The van der Waals surface area contributed by atoms with Crippen LogP contribution in [-0.4, -0.2) is 54.4 Å². The number of aromatic amines is 1. The Morgan fingerprint density at radius 2 is 1.67 bits per heavy atom. The van der Waals surface area contributed by atoms with Crippen molar-refractivity contribution >= 4 is 0 Å². The van der Waals surface area contributed by atoms with Gasteiger partial charge in [-0.15, -0.1) is 10.2 Å². The Balaban J connectivity index is 1.64. The predicted octanol–water partition coefficient (Wildman–Crippen LogP) is 4.20. The second-order valence-electron chi connectivity index (χ2n) is 8.84. The molecule has 0 amide bonds. The van der Waals surface area contributed by atoms with Gasteiger partial charge in [-0.05, 0) is 41.7 Å². The Bertz CT molecular complexity index is 1620. The van der Waals surface area contributed by atoms with Crippen LogP contribution >= 0.6 is 0 Å². The van der Waals surface area contributed by atoms with Gasteiger partial charge in [0.25, 0.3) is 5.56 Å². The summed E-state index contributed by atoms with van der Waals surface area (Å²) in [5.41, 5.74) is 4.59. The maximum absolute atomic E-state index is 14.1. The number of aryl methyl sites for hydroxylation is 2. The lowest BCUT2D eigenvalue weighted by atomic mass is 9.95. The van der Waals surface area contributed by atoms with E-state index in [0.717, 1.165) is 40.8 Å². The SMILES string of the molecule is CCCCc1nc(C)n(-c2cc(OC)nc(OC)n2)c(=O)c1-c1ccc(-c2ccccc2-c2nn[nH]n2)cc1. The second-order valence-corrected chi connectivity index (χ2v) is 8.84. The topological polar surface area (TPSA) is 134 Å². The molecule has 11 heteroatoms. The van der Waals surface area contributed by atoms with Crippen LogP contribution in [0.3, 0.4) is 0 Å². The van der Waals surface area contributed by atoms with Crippen molar-refractivity contribution in [1.29, 1.82) is 0 Å². The Kier molecular flexibility index (Phi) is 7.39. The highest BCUT2D eigenvalue weighted by Gasteiger charge is 2.20. The summed E-state index contributed by atoms with van der Waals surface area (Å²) in [6.45, 7) is 3.91. The Hall–Kier alpha value is -4.93. The van der Waals surface area contributed by atoms with E-state index >= 15 is 0 Å². The maximum atomic E-state index is 14.1. The fourth-order valence-electron chi connectivity index (χ4n) is 4.49. The van der Waals surface area contributed by atoms with Crippen molar-refractivity contribution in [2.45, 2.75) is 33.1 Å². The molecule has 198 valence electrons. The Morgan fingerprint density at radius 3 is 2.33 bits per heavy atom. The van der Waals surface area contributed by atoms with Crippen molar-refractivity contribution in [3.05, 3.63) is 76.5 Å². The van der Waals surface area contributed by atoms with Gasteiger partial charge >= 0.3 is 6.01 Å². The van der Waals surface area contributed by atoms with E-state index in [0.29, 0.717) is 29.5 Å². The average Bonchev–Trinajstić information content (AvgIpc) is 3.51. The molecule has 1 N–H and O–H groups in total. The van der Waals surface area contributed by atoms with Crippen molar-refractivity contribution in [3.63, 3.8) is 0 Å². The Morgan fingerprint density at radius 1 is 0.923 bits per heavy atom. The molecule has 0 aliphatic heterocycles. The molecule has 0 saturated carbocycles. The zero-order valence-corrected chi connectivity index (χ0v) is 22.2. The lowest BCUT2D eigenvalue weighted by Gasteiger charge is -2.16. The lowest BCUT2D eigenvalue weighted by molar-refractivity contribution is 0.351. The van der Waals surface area contributed by atoms with Gasteiger partial charge in [0.2, 0.25) is 11.7 Å². The van der Waals surface area contributed by atoms with Crippen molar-refractivity contribution < 1.29 is 9.47 Å². The predicted molar refractivity (Wildman–Crippen MR) is 146 cm³/mol. The zero-order chi connectivity index (χ0) is 27.4. The van der Waals surface area contributed by atoms with Gasteiger partial charge in [-0.2, -0.15) is 15.2 Å². The minimum atomic E-state index is -0.226. The highest BCUT2D eigenvalue weighted by atomic mass is 16.5. The number of hydrogen-bond donors (Lipinski definition) is 1. The first-order valence-corrected chi connectivity index (χ1v) is 12.6. The summed E-state index contributed by atoms with van der Waals surface area (Å²) in [7, 11) is 2.96. The first-order valence-electron chi connectivity index (χ1n) is 12.6. The van der Waals surface area contributed by atoms with Gasteiger partial charge in [0.15, 0.2) is 5.82 Å². The number of hydrogen-bond acceptors (Lipinski definition) is 9. The smallest absolute Gasteiger partial charge is 0.321 e. The van der Waals surface area contributed by atoms with Crippen LogP contribution < -0.4 is 15.0 Å². The van der Waals surface area contributed by atoms with Crippen molar-refractivity contribution in [3.8, 4) is 51.3 Å². The third-order valence-electron chi connectivity index (χ3n) is 6.38. The summed E-state index contributed by atoms with van der Waals surface area (Å²) in [6.07, 6.45) is 2.57. The fraction of sp³-hybridized carbons (Fsp3) is 0.250. The zero-order valence-electron chi connectivity index (χ0n) is 22.2. The first-order chi connectivity index (χ1) is 19.0. The largest absolute Gasteiger partial charge is 0.481 e. The van der Waals surface area contributed by atoms with Gasteiger partial charge < -0.3 is 9.47 Å². The molecule has 0 unspecified atom stereocenters. The van der Waals surface area contributed by atoms with Gasteiger partial charge in [0, 0.05) is 11.6 Å². The molecule has 0 bridgehead atoms. The molecular weight excluding hydrogens is 496 g/mol. The van der Waals surface area contributed by atoms with Crippen LogP contribution in [0, 0.1) is 6.92 Å². The molecule has 3 aromatic heterocycles. The molecule has 2 aromatic carbocycles. The summed E-state index contributed by atoms with van der Waals surface area (Å²) < 4.78 is 12.0. The van der Waals surface area contributed by atoms with E-state index in [9.17, 15) is 4.79 Å². The standard InChI is InChI=1S/C28H28N8O3/c1-5-6-11-22-25(27(37)36(17(2)29-22)23-16-24(38-3)31-28(30-23)39-4)19-14-12-18(13-15-19)20-9-7-8-10-21(20)26-32-34-35-33-26/h7-10,12-16H,5-6,11H2,1-4H3,(H,32,33,34,35). The molecule has 0 radical (unpaired) electrons. The number of methoxy groups -OCH3 is 2. The molecule has 3 heterocycles. The molecule has 0 aliphatic rings. The third-order valence-corrected chi connectivity index (χ3v) is 6.38. The van der Waals surface area contributed by atoms with Gasteiger partial charge in [-0.25, -0.2) is 9.55 Å². The van der Waals surface area contributed by atoms with Crippen LogP contribution in [0.5, 0.6) is 11.9 Å². The van der Waals surface area contributed by atoms with Gasteiger partial charge in [0.05, 0.1) is 25.5 Å². The number of nitrogens with one attached hydrogen (secondary N) is 1. The average molecular weight is 525 g/mol. The summed E-state index contributed by atoms with van der Waals surface area (Å²) in [4.78, 5) is 27.5. The minimum absolute atomic E-state index is 0.0943. The maximum Gasteiger partial charge on any atom is 0.321 e. The molecule has 0 spiro atoms. The molecule has 39 heavy (non-hydrogen) atoms. The van der Waals surface area contributed by atoms with E-state index in [1.807, 2.05) is 48.5 Å². The van der Waals surface area contributed by atoms with Crippen molar-refractivity contribution in [1.82, 2.24) is 40.1 Å². The number of unbranched alkanes of at least 4 members (excludes halogenated alkanes) is 1. The van der Waals surface area contributed by atoms with Gasteiger partial charge in [-0.1, -0.05) is 61.9 Å². The monoisotopic (exact) mass is 524 g/mol. The third kappa shape index (κ3) is 5.11. The van der Waals surface area contributed by atoms with Crippen LogP contribution in [0.1, 0.15) is 31.3 Å². The molecule has 11 nitrogen and oxygen atoms in total. The second kappa shape index (κ2) is 11.2. The van der Waals surface area contributed by atoms with E-state index in [1.165, 1.54) is 18.8 Å². The summed E-state index contributed by atoms with van der Waals surface area (Å²) in [5, 5.41) is 14.5. The molecular formula is C28H28N8O3. The van der Waals surface area contributed by atoms with E-state index < -0.39 is 0 Å². The highest BCUT2D eigenvalue weighted by molar-refractivity contribution is 5.81. The van der Waals surface area contributed by atoms with Crippen LogP contribution in [0.25, 0.3) is 39.5 Å². The van der Waals surface area contributed by atoms with E-state index in [4.69, 9.17) is 14.5 Å². The van der Waals surface area contributed by atoms with Crippen LogP contribution in [0.2, 0.25) is 0 Å². The normalized spacial score (nSPS) is 11.0. The van der Waals surface area contributed by atoms with Crippen molar-refractivity contribution in [2.75, 3.05) is 14.2 Å². The summed E-state index contributed by atoms with van der Waals surface area (Å²) in [6, 6.07) is 17.4. The van der Waals surface area contributed by atoms with E-state index in [-0.39, 0.29) is 17.4 Å². The number of tetrazole rings is 1. The molecule has 0 saturated heterocycles. The summed E-state index contributed by atoms with van der Waals surface area (Å²) >= 11 is 0. The lowest BCUT2D eigenvalue weighted by Crippen LogP contribution is -2.27. The molecule has 5 aromatic rings. The summed E-state index contributed by atoms with van der Waals surface area (Å²) in [5.74, 6) is 1.63. The van der Waals surface area contributed by atoms with E-state index in [2.05, 4.69) is 37.5 Å². The Labute approximate surface area is 224 Å². The number of rotatable bonds is 9. The molecule has 0 aliphatic carbocycles. The molecule has 5 rings (SSSR count). The van der Waals surface area contributed by atoms with Gasteiger partial charge in [0.1, 0.15) is 5.82 Å². The quantitative estimate of drug-likeness (QED) is 0.301. The number of H-pyrrole nitrogens is 1. The number of benzene rings is 2.